The van der Waals surface area contributed by atoms with Crippen molar-refractivity contribution in [2.75, 3.05) is 5.32 Å². The van der Waals surface area contributed by atoms with Crippen LogP contribution in [0.4, 0.5) is 32.0 Å². The first-order valence-corrected chi connectivity index (χ1v) is 8.69. The molecule has 0 bridgehead atoms. The lowest BCUT2D eigenvalue weighted by Crippen LogP contribution is -2.31. The average Bonchev–Trinajstić information content (AvgIpc) is 2.53. The average molecular weight is 471 g/mol. The Balaban J connectivity index is 2.20. The summed E-state index contributed by atoms with van der Waals surface area (Å²) >= 11 is 8.31. The molecule has 27 heavy (non-hydrogen) atoms. The van der Waals surface area contributed by atoms with Crippen LogP contribution in [-0.2, 0) is 12.4 Å². The van der Waals surface area contributed by atoms with E-state index >= 15 is 0 Å². The number of rotatable bonds is 3. The molecule has 146 valence electrons. The van der Waals surface area contributed by atoms with Crippen LogP contribution < -0.4 is 10.6 Å². The lowest BCUT2D eigenvalue weighted by Gasteiger charge is -2.19. The summed E-state index contributed by atoms with van der Waals surface area (Å²) < 4.78 is 78.2. The number of thiocarbonyl (C=S) groups is 1. The first kappa shape index (κ1) is 21.5. The summed E-state index contributed by atoms with van der Waals surface area (Å²) in [4.78, 5) is 0. The highest BCUT2D eigenvalue weighted by molar-refractivity contribution is 9.10. The molecule has 0 aliphatic rings. The van der Waals surface area contributed by atoms with Crippen LogP contribution in [0.2, 0.25) is 0 Å². The quantitative estimate of drug-likeness (QED) is 0.393. The molecule has 0 fully saturated rings. The second-order valence-corrected chi connectivity index (χ2v) is 6.99. The zero-order valence-electron chi connectivity index (χ0n) is 13.7. The molecule has 0 spiro atoms. The van der Waals surface area contributed by atoms with Crippen LogP contribution >= 0.6 is 28.1 Å². The highest BCUT2D eigenvalue weighted by Gasteiger charge is 2.37. The largest absolute Gasteiger partial charge is 0.416 e. The standard InChI is InChI=1S/C17H13BrF6N2S/c1-9(10-2-4-13(18)5-3-10)25-15(27)26-14-7-11(16(19,20)21)6-12(8-14)17(22,23)24/h2-9H,1H3,(H2,25,26,27). The molecule has 0 aromatic heterocycles. The van der Waals surface area contributed by atoms with Crippen molar-refractivity contribution >= 4 is 38.9 Å². The molecule has 0 saturated heterocycles. The molecule has 1 atom stereocenters. The minimum absolute atomic E-state index is 0.0616. The van der Waals surface area contributed by atoms with Crippen molar-refractivity contribution in [3.8, 4) is 0 Å². The van der Waals surface area contributed by atoms with Gasteiger partial charge in [-0.25, -0.2) is 0 Å². The van der Waals surface area contributed by atoms with Gasteiger partial charge in [-0.15, -0.1) is 0 Å². The molecule has 0 radical (unpaired) electrons. The van der Waals surface area contributed by atoms with E-state index in [4.69, 9.17) is 12.2 Å². The zero-order valence-corrected chi connectivity index (χ0v) is 16.1. The molecule has 2 nitrogen and oxygen atoms in total. The van der Waals surface area contributed by atoms with Gasteiger partial charge in [0.05, 0.1) is 17.2 Å². The highest BCUT2D eigenvalue weighted by Crippen LogP contribution is 2.37. The van der Waals surface area contributed by atoms with E-state index in [1.165, 1.54) is 0 Å². The normalized spacial score (nSPS) is 13.2. The van der Waals surface area contributed by atoms with E-state index in [-0.39, 0.29) is 17.2 Å². The predicted octanol–water partition coefficient (Wildman–Crippen LogP) is 6.53. The number of hydrogen-bond donors (Lipinski definition) is 2. The van der Waals surface area contributed by atoms with Gasteiger partial charge in [-0.3, -0.25) is 0 Å². The molecule has 1 unspecified atom stereocenters. The Hall–Kier alpha value is -1.81. The first-order valence-electron chi connectivity index (χ1n) is 7.49. The summed E-state index contributed by atoms with van der Waals surface area (Å²) in [6.45, 7) is 1.75. The van der Waals surface area contributed by atoms with E-state index in [9.17, 15) is 26.3 Å². The van der Waals surface area contributed by atoms with Gasteiger partial charge in [0.1, 0.15) is 0 Å². The number of anilines is 1. The lowest BCUT2D eigenvalue weighted by atomic mass is 10.1. The molecule has 10 heteroatoms. The Morgan fingerprint density at radius 1 is 0.926 bits per heavy atom. The van der Waals surface area contributed by atoms with E-state index < -0.39 is 29.2 Å². The van der Waals surface area contributed by atoms with Crippen LogP contribution in [-0.4, -0.2) is 5.11 Å². The molecule has 0 aliphatic carbocycles. The van der Waals surface area contributed by atoms with Crippen molar-refractivity contribution < 1.29 is 26.3 Å². The van der Waals surface area contributed by atoms with Gasteiger partial charge in [0, 0.05) is 10.2 Å². The molecule has 2 rings (SSSR count). The summed E-state index contributed by atoms with van der Waals surface area (Å²) in [5.41, 5.74) is -2.40. The fraction of sp³-hybridized carbons (Fsp3) is 0.235. The second-order valence-electron chi connectivity index (χ2n) is 5.67. The summed E-state index contributed by atoms with van der Waals surface area (Å²) in [6, 6.07) is 8.10. The number of hydrogen-bond acceptors (Lipinski definition) is 1. The third-order valence-electron chi connectivity index (χ3n) is 3.56. The third kappa shape index (κ3) is 6.10. The van der Waals surface area contributed by atoms with E-state index in [0.29, 0.717) is 12.1 Å². The maximum Gasteiger partial charge on any atom is 0.416 e. The van der Waals surface area contributed by atoms with E-state index in [1.807, 2.05) is 0 Å². The maximum atomic E-state index is 12.9. The summed E-state index contributed by atoms with van der Waals surface area (Å²) in [5.74, 6) is 0. The van der Waals surface area contributed by atoms with Crippen LogP contribution in [0.15, 0.2) is 46.9 Å². The second kappa shape index (κ2) is 8.05. The van der Waals surface area contributed by atoms with Gasteiger partial charge in [-0.2, -0.15) is 26.3 Å². The first-order chi connectivity index (χ1) is 12.4. The van der Waals surface area contributed by atoms with E-state index in [2.05, 4.69) is 26.6 Å². The molecule has 2 aromatic carbocycles. The number of benzene rings is 2. The lowest BCUT2D eigenvalue weighted by molar-refractivity contribution is -0.143. The SMILES string of the molecule is CC(NC(=S)Nc1cc(C(F)(F)F)cc(C(F)(F)F)c1)c1ccc(Br)cc1. The van der Waals surface area contributed by atoms with Crippen molar-refractivity contribution in [2.45, 2.75) is 25.3 Å². The Morgan fingerprint density at radius 3 is 1.85 bits per heavy atom. The minimum atomic E-state index is -4.92. The van der Waals surface area contributed by atoms with Crippen LogP contribution in [0.1, 0.15) is 29.7 Å². The Morgan fingerprint density at radius 2 is 1.41 bits per heavy atom. The van der Waals surface area contributed by atoms with Crippen LogP contribution in [0, 0.1) is 0 Å². The molecule has 0 amide bonds. The van der Waals surface area contributed by atoms with Gasteiger partial charge in [0.15, 0.2) is 5.11 Å². The summed E-state index contributed by atoms with van der Waals surface area (Å²) in [6.07, 6.45) is -9.84. The molecular weight excluding hydrogens is 458 g/mol. The summed E-state index contributed by atoms with van der Waals surface area (Å²) in [7, 11) is 0. The van der Waals surface area contributed by atoms with E-state index in [0.717, 1.165) is 10.0 Å². The van der Waals surface area contributed by atoms with Crippen molar-refractivity contribution in [3.63, 3.8) is 0 Å². The molecule has 0 saturated carbocycles. The number of alkyl halides is 6. The number of halogens is 7. The minimum Gasteiger partial charge on any atom is -0.356 e. The molecular formula is C17H13BrF6N2S. The van der Waals surface area contributed by atoms with Gasteiger partial charge in [-0.1, -0.05) is 28.1 Å². The smallest absolute Gasteiger partial charge is 0.356 e. The van der Waals surface area contributed by atoms with Crippen molar-refractivity contribution in [1.29, 1.82) is 0 Å². The van der Waals surface area contributed by atoms with Crippen molar-refractivity contribution in [3.05, 3.63) is 63.6 Å². The molecule has 2 aromatic rings. The summed E-state index contributed by atoms with van der Waals surface area (Å²) in [5, 5.41) is 5.11. The van der Waals surface area contributed by atoms with Gasteiger partial charge >= 0.3 is 12.4 Å². The van der Waals surface area contributed by atoms with E-state index in [1.54, 1.807) is 31.2 Å². The topological polar surface area (TPSA) is 24.1 Å². The van der Waals surface area contributed by atoms with Crippen molar-refractivity contribution in [2.24, 2.45) is 0 Å². The van der Waals surface area contributed by atoms with Crippen molar-refractivity contribution in [1.82, 2.24) is 5.32 Å². The van der Waals surface area contributed by atoms with Gasteiger partial charge in [-0.05, 0) is 55.0 Å². The maximum absolute atomic E-state index is 12.9. The monoisotopic (exact) mass is 470 g/mol. The Kier molecular flexibility index (Phi) is 6.41. The van der Waals surface area contributed by atoms with Gasteiger partial charge < -0.3 is 10.6 Å². The Labute approximate surface area is 165 Å². The fourth-order valence-corrected chi connectivity index (χ4v) is 2.78. The predicted molar refractivity (Wildman–Crippen MR) is 98.4 cm³/mol. The van der Waals surface area contributed by atoms with Gasteiger partial charge in [0.25, 0.3) is 0 Å². The van der Waals surface area contributed by atoms with Crippen LogP contribution in [0.25, 0.3) is 0 Å². The van der Waals surface area contributed by atoms with Crippen LogP contribution in [0.3, 0.4) is 0 Å². The van der Waals surface area contributed by atoms with Crippen LogP contribution in [0.5, 0.6) is 0 Å². The Bertz CT molecular complexity index is 785. The number of nitrogens with one attached hydrogen (secondary N) is 2. The van der Waals surface area contributed by atoms with Gasteiger partial charge in [0.2, 0.25) is 0 Å². The molecule has 0 heterocycles. The molecule has 0 aliphatic heterocycles. The zero-order chi connectivity index (χ0) is 20.4. The molecule has 2 N–H and O–H groups in total. The fourth-order valence-electron chi connectivity index (χ4n) is 2.23. The third-order valence-corrected chi connectivity index (χ3v) is 4.31. The highest BCUT2D eigenvalue weighted by atomic mass is 79.9.